The lowest BCUT2D eigenvalue weighted by atomic mass is 9.82. The molecule has 2 fully saturated rings. The van der Waals surface area contributed by atoms with Crippen molar-refractivity contribution in [3.63, 3.8) is 0 Å². The number of ether oxygens (including phenoxy) is 4. The van der Waals surface area contributed by atoms with Gasteiger partial charge in [0, 0.05) is 12.1 Å². The Kier molecular flexibility index (Phi) is 5.37. The van der Waals surface area contributed by atoms with E-state index in [9.17, 15) is 4.79 Å². The van der Waals surface area contributed by atoms with Crippen LogP contribution in [0.1, 0.15) is 48.9 Å². The molecule has 1 aromatic carbocycles. The van der Waals surface area contributed by atoms with Crippen molar-refractivity contribution in [2.24, 2.45) is 0 Å². The van der Waals surface area contributed by atoms with Crippen molar-refractivity contribution >= 4 is 5.91 Å². The van der Waals surface area contributed by atoms with Gasteiger partial charge in [-0.1, -0.05) is 19.3 Å². The van der Waals surface area contributed by atoms with E-state index in [1.807, 2.05) is 0 Å². The molecule has 0 aromatic heterocycles. The van der Waals surface area contributed by atoms with Gasteiger partial charge in [0.2, 0.25) is 0 Å². The highest BCUT2D eigenvalue weighted by atomic mass is 16.5. The highest BCUT2D eigenvalue weighted by molar-refractivity contribution is 5.98. The zero-order valence-corrected chi connectivity index (χ0v) is 15.2. The van der Waals surface area contributed by atoms with Gasteiger partial charge in [0.05, 0.1) is 45.1 Å². The van der Waals surface area contributed by atoms with Gasteiger partial charge >= 0.3 is 0 Å². The molecule has 1 aliphatic heterocycles. The summed E-state index contributed by atoms with van der Waals surface area (Å²) in [5.41, 5.74) is 0.405. The summed E-state index contributed by atoms with van der Waals surface area (Å²) in [6.07, 6.45) is 6.78. The fourth-order valence-electron chi connectivity index (χ4n) is 3.95. The molecule has 1 saturated carbocycles. The maximum atomic E-state index is 12.8. The number of benzene rings is 1. The molecule has 2 aliphatic rings. The molecule has 138 valence electrons. The van der Waals surface area contributed by atoms with Crippen molar-refractivity contribution in [3.8, 4) is 17.2 Å². The van der Waals surface area contributed by atoms with Crippen molar-refractivity contribution in [1.82, 2.24) is 5.32 Å². The number of amides is 1. The van der Waals surface area contributed by atoms with Gasteiger partial charge in [-0.25, -0.2) is 0 Å². The monoisotopic (exact) mass is 349 g/mol. The van der Waals surface area contributed by atoms with E-state index in [2.05, 4.69) is 5.32 Å². The molecule has 1 N–H and O–H groups in total. The molecule has 25 heavy (non-hydrogen) atoms. The Morgan fingerprint density at radius 2 is 1.68 bits per heavy atom. The van der Waals surface area contributed by atoms with E-state index in [-0.39, 0.29) is 17.6 Å². The van der Waals surface area contributed by atoms with Crippen LogP contribution < -0.4 is 19.5 Å². The first-order valence-corrected chi connectivity index (χ1v) is 8.85. The molecule has 1 saturated heterocycles. The number of carbonyl (C=O) groups is 1. The van der Waals surface area contributed by atoms with Crippen LogP contribution in [-0.2, 0) is 4.74 Å². The largest absolute Gasteiger partial charge is 0.496 e. The quantitative estimate of drug-likeness (QED) is 0.885. The molecule has 0 unspecified atom stereocenters. The minimum absolute atomic E-state index is 0.0299. The zero-order chi connectivity index (χ0) is 17.9. The SMILES string of the molecule is COc1cc(OC)c(C(=O)N[C@@H]2COC3(CCCCC3)C2)cc1OC. The Labute approximate surface area is 148 Å². The first-order valence-electron chi connectivity index (χ1n) is 8.85. The molecule has 1 heterocycles. The zero-order valence-electron chi connectivity index (χ0n) is 15.2. The third kappa shape index (κ3) is 3.68. The summed E-state index contributed by atoms with van der Waals surface area (Å²) in [5, 5.41) is 3.09. The number of carbonyl (C=O) groups excluding carboxylic acids is 1. The Balaban J connectivity index is 1.73. The van der Waals surface area contributed by atoms with Crippen molar-refractivity contribution in [2.75, 3.05) is 27.9 Å². The summed E-state index contributed by atoms with van der Waals surface area (Å²) >= 11 is 0. The molecule has 1 spiro atoms. The first-order chi connectivity index (χ1) is 12.1. The van der Waals surface area contributed by atoms with Gasteiger partial charge < -0.3 is 24.3 Å². The van der Waals surface area contributed by atoms with E-state index in [0.29, 0.717) is 29.4 Å². The number of methoxy groups -OCH3 is 3. The van der Waals surface area contributed by atoms with Crippen LogP contribution in [0.25, 0.3) is 0 Å². The van der Waals surface area contributed by atoms with E-state index < -0.39 is 0 Å². The molecule has 1 aliphatic carbocycles. The summed E-state index contributed by atoms with van der Waals surface area (Å²) in [7, 11) is 4.63. The summed E-state index contributed by atoms with van der Waals surface area (Å²) in [6.45, 7) is 0.571. The van der Waals surface area contributed by atoms with Gasteiger partial charge in [-0.15, -0.1) is 0 Å². The summed E-state index contributed by atoms with van der Waals surface area (Å²) in [6, 6.07) is 3.35. The van der Waals surface area contributed by atoms with Crippen molar-refractivity contribution < 1.29 is 23.7 Å². The van der Waals surface area contributed by atoms with Crippen molar-refractivity contribution in [1.29, 1.82) is 0 Å². The minimum Gasteiger partial charge on any atom is -0.496 e. The Hall–Kier alpha value is -1.95. The molecule has 3 rings (SSSR count). The van der Waals surface area contributed by atoms with Gasteiger partial charge in [-0.2, -0.15) is 0 Å². The van der Waals surface area contributed by atoms with Gasteiger partial charge in [0.1, 0.15) is 5.75 Å². The van der Waals surface area contributed by atoms with Crippen LogP contribution in [0, 0.1) is 0 Å². The predicted molar refractivity (Wildman–Crippen MR) is 93.7 cm³/mol. The number of hydrogen-bond acceptors (Lipinski definition) is 5. The average molecular weight is 349 g/mol. The second-order valence-corrected chi connectivity index (χ2v) is 6.84. The van der Waals surface area contributed by atoms with E-state index in [4.69, 9.17) is 18.9 Å². The van der Waals surface area contributed by atoms with Gasteiger partial charge in [0.15, 0.2) is 11.5 Å². The topological polar surface area (TPSA) is 66.0 Å². The number of nitrogens with one attached hydrogen (secondary N) is 1. The van der Waals surface area contributed by atoms with Crippen LogP contribution >= 0.6 is 0 Å². The van der Waals surface area contributed by atoms with Gasteiger partial charge in [0.25, 0.3) is 5.91 Å². The molecule has 0 bridgehead atoms. The Morgan fingerprint density at radius 1 is 1.04 bits per heavy atom. The van der Waals surface area contributed by atoms with Crippen LogP contribution in [-0.4, -0.2) is 45.5 Å². The highest BCUT2D eigenvalue weighted by Crippen LogP contribution is 2.40. The fraction of sp³-hybridized carbons (Fsp3) is 0.632. The Bertz CT molecular complexity index is 624. The average Bonchev–Trinajstić information content (AvgIpc) is 3.02. The van der Waals surface area contributed by atoms with Crippen LogP contribution in [0.15, 0.2) is 12.1 Å². The molecule has 0 radical (unpaired) electrons. The van der Waals surface area contributed by atoms with E-state index in [1.165, 1.54) is 26.4 Å². The maximum Gasteiger partial charge on any atom is 0.255 e. The molecule has 1 aromatic rings. The number of rotatable bonds is 5. The lowest BCUT2D eigenvalue weighted by Crippen LogP contribution is -2.37. The molecular weight excluding hydrogens is 322 g/mol. The molecule has 1 atom stereocenters. The van der Waals surface area contributed by atoms with Crippen LogP contribution in [0.4, 0.5) is 0 Å². The second-order valence-electron chi connectivity index (χ2n) is 6.84. The van der Waals surface area contributed by atoms with Crippen LogP contribution in [0.3, 0.4) is 0 Å². The normalized spacial score (nSPS) is 21.8. The van der Waals surface area contributed by atoms with E-state index in [0.717, 1.165) is 19.3 Å². The van der Waals surface area contributed by atoms with Gasteiger partial charge in [-0.3, -0.25) is 4.79 Å². The summed E-state index contributed by atoms with van der Waals surface area (Å²) in [5.74, 6) is 1.31. The summed E-state index contributed by atoms with van der Waals surface area (Å²) < 4.78 is 22.0. The van der Waals surface area contributed by atoms with Gasteiger partial charge in [-0.05, 0) is 19.3 Å². The van der Waals surface area contributed by atoms with Crippen LogP contribution in [0.5, 0.6) is 17.2 Å². The molecular formula is C19H27NO5. The lowest BCUT2D eigenvalue weighted by Gasteiger charge is -2.32. The lowest BCUT2D eigenvalue weighted by molar-refractivity contribution is -0.0246. The highest BCUT2D eigenvalue weighted by Gasteiger charge is 2.41. The van der Waals surface area contributed by atoms with E-state index in [1.54, 1.807) is 26.4 Å². The van der Waals surface area contributed by atoms with Crippen LogP contribution in [0.2, 0.25) is 0 Å². The molecule has 1 amide bonds. The molecule has 6 heteroatoms. The first kappa shape index (κ1) is 17.9. The smallest absolute Gasteiger partial charge is 0.255 e. The molecule has 6 nitrogen and oxygen atoms in total. The van der Waals surface area contributed by atoms with Crippen molar-refractivity contribution in [2.45, 2.75) is 50.2 Å². The third-order valence-electron chi connectivity index (χ3n) is 5.26. The number of hydrogen-bond donors (Lipinski definition) is 1. The Morgan fingerprint density at radius 3 is 2.32 bits per heavy atom. The fourth-order valence-corrected chi connectivity index (χ4v) is 3.95. The minimum atomic E-state index is -0.181. The predicted octanol–water partition coefficient (Wildman–Crippen LogP) is 2.93. The summed E-state index contributed by atoms with van der Waals surface area (Å²) in [4.78, 5) is 12.8. The third-order valence-corrected chi connectivity index (χ3v) is 5.26. The van der Waals surface area contributed by atoms with Crippen molar-refractivity contribution in [3.05, 3.63) is 17.7 Å². The maximum absolute atomic E-state index is 12.8. The standard InChI is InChI=1S/C19H27NO5/c1-22-15-10-17(24-3)16(23-2)9-14(15)18(21)20-13-11-19(25-12-13)7-5-4-6-8-19/h9-10,13H,4-8,11-12H2,1-3H3,(H,20,21)/t13-/m0/s1. The van der Waals surface area contributed by atoms with E-state index >= 15 is 0 Å². The second kappa shape index (κ2) is 7.52.